The Balaban J connectivity index is 1.98. The Morgan fingerprint density at radius 1 is 1.10 bits per heavy atom. The van der Waals surface area contributed by atoms with Crippen molar-refractivity contribution in [2.45, 2.75) is 30.3 Å². The molecule has 0 radical (unpaired) electrons. The van der Waals surface area contributed by atoms with Gasteiger partial charge in [-0.2, -0.15) is 0 Å². The van der Waals surface area contributed by atoms with Gasteiger partial charge in [-0.15, -0.1) is 0 Å². The van der Waals surface area contributed by atoms with Gasteiger partial charge in [-0.25, -0.2) is 8.42 Å². The zero-order valence-corrected chi connectivity index (χ0v) is 17.7. The molecule has 1 aromatic heterocycles. The van der Waals surface area contributed by atoms with Crippen LogP contribution in [0.3, 0.4) is 0 Å². The fraction of sp³-hybridized carbons (Fsp3) is 0.227. The molecular formula is C22H22ClNO4S. The predicted octanol–water partition coefficient (Wildman–Crippen LogP) is 5.15. The summed E-state index contributed by atoms with van der Waals surface area (Å²) in [6, 6.07) is 16.0. The van der Waals surface area contributed by atoms with Gasteiger partial charge in [0.05, 0.1) is 4.90 Å². The molecular weight excluding hydrogens is 410 g/mol. The third-order valence-corrected chi connectivity index (χ3v) is 6.27. The van der Waals surface area contributed by atoms with Crippen molar-refractivity contribution < 1.29 is 17.9 Å². The van der Waals surface area contributed by atoms with Gasteiger partial charge in [0.2, 0.25) is 0 Å². The highest BCUT2D eigenvalue weighted by Crippen LogP contribution is 2.38. The van der Waals surface area contributed by atoms with E-state index in [1.807, 2.05) is 43.5 Å². The number of carbonyl (C=O) groups excluding carboxylic acids is 1. The smallest absolute Gasteiger partial charge is 0.293 e. The lowest BCUT2D eigenvalue weighted by molar-refractivity contribution is -0.135. The van der Waals surface area contributed by atoms with Crippen LogP contribution in [0, 0.1) is 0 Å². The van der Waals surface area contributed by atoms with E-state index < -0.39 is 15.9 Å². The highest BCUT2D eigenvalue weighted by atomic mass is 35.5. The molecule has 5 nitrogen and oxygen atoms in total. The number of aromatic nitrogens is 1. The second kappa shape index (κ2) is 8.84. The topological polar surface area (TPSA) is 76.2 Å². The number of aromatic amines is 1. The molecule has 0 spiro atoms. The molecule has 29 heavy (non-hydrogen) atoms. The van der Waals surface area contributed by atoms with E-state index in [2.05, 4.69) is 4.98 Å². The van der Waals surface area contributed by atoms with Crippen molar-refractivity contribution >= 4 is 27.9 Å². The first-order valence-corrected chi connectivity index (χ1v) is 11.4. The van der Waals surface area contributed by atoms with Gasteiger partial charge in [0.1, 0.15) is 6.10 Å². The second-order valence-electron chi connectivity index (χ2n) is 6.87. The molecule has 7 heteroatoms. The molecule has 1 N–H and O–H groups in total. The second-order valence-corrected chi connectivity index (χ2v) is 9.32. The number of halogens is 1. The Labute approximate surface area is 175 Å². The molecule has 0 bridgehead atoms. The Kier molecular flexibility index (Phi) is 6.45. The minimum absolute atomic E-state index is 0.146. The van der Waals surface area contributed by atoms with Crippen LogP contribution in [0.15, 0.2) is 65.7 Å². The maximum absolute atomic E-state index is 11.9. The normalized spacial score (nSPS) is 13.6. The van der Waals surface area contributed by atoms with E-state index in [4.69, 9.17) is 16.3 Å². The van der Waals surface area contributed by atoms with Crippen molar-refractivity contribution in [1.82, 2.24) is 4.98 Å². The summed E-state index contributed by atoms with van der Waals surface area (Å²) in [4.78, 5) is 14.7. The highest BCUT2D eigenvalue weighted by Gasteiger charge is 2.27. The third kappa shape index (κ3) is 4.89. The van der Waals surface area contributed by atoms with Crippen LogP contribution in [0.25, 0.3) is 11.3 Å². The fourth-order valence-electron chi connectivity index (χ4n) is 3.43. The Morgan fingerprint density at radius 3 is 2.45 bits per heavy atom. The van der Waals surface area contributed by atoms with Gasteiger partial charge in [-0.3, -0.25) is 4.79 Å². The number of benzene rings is 2. The van der Waals surface area contributed by atoms with Crippen molar-refractivity contribution in [3.05, 3.63) is 76.9 Å². The van der Waals surface area contributed by atoms with Crippen molar-refractivity contribution in [2.24, 2.45) is 0 Å². The average molecular weight is 432 g/mol. The molecule has 0 aliphatic carbocycles. The summed E-state index contributed by atoms with van der Waals surface area (Å²) in [6.45, 7) is 2.41. The first-order valence-electron chi connectivity index (χ1n) is 9.17. The zero-order valence-electron chi connectivity index (χ0n) is 16.1. The largest absolute Gasteiger partial charge is 0.459 e. The lowest BCUT2D eigenvalue weighted by atomic mass is 9.88. The van der Waals surface area contributed by atoms with E-state index in [1.165, 1.54) is 6.07 Å². The number of rotatable bonds is 8. The molecule has 2 aromatic carbocycles. The summed E-state index contributed by atoms with van der Waals surface area (Å²) < 4.78 is 29.3. The van der Waals surface area contributed by atoms with Crippen LogP contribution in [-0.2, 0) is 19.4 Å². The summed E-state index contributed by atoms with van der Waals surface area (Å²) in [6.07, 6.45) is 3.14. The maximum atomic E-state index is 11.9. The van der Waals surface area contributed by atoms with E-state index in [9.17, 15) is 13.2 Å². The molecule has 0 fully saturated rings. The highest BCUT2D eigenvalue weighted by molar-refractivity contribution is 7.90. The van der Waals surface area contributed by atoms with E-state index in [0.717, 1.165) is 23.1 Å². The molecule has 0 aliphatic rings. The molecule has 0 saturated carbocycles. The van der Waals surface area contributed by atoms with Crippen molar-refractivity contribution in [3.8, 4) is 11.3 Å². The van der Waals surface area contributed by atoms with Crippen molar-refractivity contribution in [3.63, 3.8) is 0 Å². The van der Waals surface area contributed by atoms with Crippen LogP contribution >= 0.6 is 11.6 Å². The van der Waals surface area contributed by atoms with Crippen LogP contribution in [-0.4, -0.2) is 26.1 Å². The third-order valence-electron chi connectivity index (χ3n) is 4.91. The van der Waals surface area contributed by atoms with Crippen molar-refractivity contribution in [1.29, 1.82) is 0 Å². The number of ether oxygens (including phenoxy) is 1. The van der Waals surface area contributed by atoms with Crippen LogP contribution < -0.4 is 0 Å². The van der Waals surface area contributed by atoms with Gasteiger partial charge in [0, 0.05) is 29.1 Å². The van der Waals surface area contributed by atoms with E-state index in [0.29, 0.717) is 23.5 Å². The standard InChI is InChI=1S/C22H22ClNO4S/c1-3-20(17-12-21(24-13-17)15-7-9-18(23)10-8-15)22(28-14-25)16-5-4-6-19(11-16)29(2,26)27/h4-14,20,22,24H,3H2,1-2H3. The average Bonchev–Trinajstić information content (AvgIpc) is 3.18. The predicted molar refractivity (Wildman–Crippen MR) is 114 cm³/mol. The number of H-pyrrole nitrogens is 1. The van der Waals surface area contributed by atoms with Gasteiger partial charge in [0.15, 0.2) is 9.84 Å². The SMILES string of the molecule is CCC(c1c[nH]c(-c2ccc(Cl)cc2)c1)C(OC=O)c1cccc(S(C)(=O)=O)c1. The zero-order chi connectivity index (χ0) is 21.0. The molecule has 3 aromatic rings. The maximum Gasteiger partial charge on any atom is 0.293 e. The summed E-state index contributed by atoms with van der Waals surface area (Å²) in [5.74, 6) is -0.146. The molecule has 152 valence electrons. The number of carbonyl (C=O) groups is 1. The molecule has 0 amide bonds. The van der Waals surface area contributed by atoms with Crippen LogP contribution in [0.5, 0.6) is 0 Å². The fourth-order valence-corrected chi connectivity index (χ4v) is 4.24. The van der Waals surface area contributed by atoms with Crippen LogP contribution in [0.1, 0.15) is 36.5 Å². The lowest BCUT2D eigenvalue weighted by Gasteiger charge is -2.25. The molecule has 0 saturated heterocycles. The molecule has 2 atom stereocenters. The Hall–Kier alpha value is -2.57. The van der Waals surface area contributed by atoms with Gasteiger partial charge in [-0.1, -0.05) is 42.8 Å². The summed E-state index contributed by atoms with van der Waals surface area (Å²) >= 11 is 5.96. The van der Waals surface area contributed by atoms with Gasteiger partial charge >= 0.3 is 0 Å². The van der Waals surface area contributed by atoms with Crippen molar-refractivity contribution in [2.75, 3.05) is 6.26 Å². The minimum Gasteiger partial charge on any atom is -0.459 e. The number of nitrogens with one attached hydrogen (secondary N) is 1. The first kappa shape index (κ1) is 21.1. The van der Waals surface area contributed by atoms with Crippen LogP contribution in [0.2, 0.25) is 5.02 Å². The Bertz CT molecular complexity index is 1090. The van der Waals surface area contributed by atoms with E-state index in [-0.39, 0.29) is 10.8 Å². The monoisotopic (exact) mass is 431 g/mol. The van der Waals surface area contributed by atoms with Gasteiger partial charge < -0.3 is 9.72 Å². The lowest BCUT2D eigenvalue weighted by Crippen LogP contribution is -2.14. The van der Waals surface area contributed by atoms with Gasteiger partial charge in [0.25, 0.3) is 6.47 Å². The first-order chi connectivity index (χ1) is 13.8. The molecule has 1 heterocycles. The number of hydrogen-bond donors (Lipinski definition) is 1. The molecule has 3 rings (SSSR count). The summed E-state index contributed by atoms with van der Waals surface area (Å²) in [5, 5.41) is 0.664. The molecule has 2 unspecified atom stereocenters. The molecule has 0 aliphatic heterocycles. The van der Waals surface area contributed by atoms with E-state index >= 15 is 0 Å². The Morgan fingerprint density at radius 2 is 1.83 bits per heavy atom. The minimum atomic E-state index is -3.37. The van der Waals surface area contributed by atoms with Gasteiger partial charge in [-0.05, 0) is 53.4 Å². The quantitative estimate of drug-likeness (QED) is 0.500. The van der Waals surface area contributed by atoms with E-state index in [1.54, 1.807) is 18.2 Å². The van der Waals surface area contributed by atoms with Crippen LogP contribution in [0.4, 0.5) is 0 Å². The number of sulfone groups is 1. The summed E-state index contributed by atoms with van der Waals surface area (Å²) in [7, 11) is -3.37. The number of hydrogen-bond acceptors (Lipinski definition) is 4. The summed E-state index contributed by atoms with van der Waals surface area (Å²) in [5.41, 5.74) is 3.52.